The van der Waals surface area contributed by atoms with Crippen LogP contribution in [0.3, 0.4) is 0 Å². The number of unbranched alkanes of at least 4 members (excludes halogenated alkanes) is 1. The number of hydrogen-bond acceptors (Lipinski definition) is 3. The van der Waals surface area contributed by atoms with Gasteiger partial charge >= 0.3 is 5.97 Å². The fourth-order valence-corrected chi connectivity index (χ4v) is 1.70. The van der Waals surface area contributed by atoms with Crippen molar-refractivity contribution >= 4 is 5.97 Å². The molecule has 0 unspecified atom stereocenters. The fraction of sp³-hybridized carbons (Fsp3) is 0.235. The first-order valence-corrected chi connectivity index (χ1v) is 6.79. The number of carbonyl (C=O) groups excluding carboxylic acids is 1. The highest BCUT2D eigenvalue weighted by molar-refractivity contribution is 5.90. The monoisotopic (exact) mass is 270 g/mol. The number of rotatable bonds is 6. The van der Waals surface area contributed by atoms with Crippen LogP contribution in [0.5, 0.6) is 11.5 Å². The summed E-state index contributed by atoms with van der Waals surface area (Å²) in [7, 11) is 0. The molecule has 0 bridgehead atoms. The summed E-state index contributed by atoms with van der Waals surface area (Å²) in [6, 6.07) is 16.1. The maximum Gasteiger partial charge on any atom is 0.343 e. The molecule has 0 spiro atoms. The van der Waals surface area contributed by atoms with Gasteiger partial charge in [0.2, 0.25) is 0 Å². The Hall–Kier alpha value is -2.29. The average molecular weight is 270 g/mol. The van der Waals surface area contributed by atoms with Crippen LogP contribution >= 0.6 is 0 Å². The molecule has 3 heteroatoms. The number of benzene rings is 2. The second-order valence-electron chi connectivity index (χ2n) is 4.43. The molecule has 0 heterocycles. The minimum absolute atomic E-state index is 0.365. The summed E-state index contributed by atoms with van der Waals surface area (Å²) in [4.78, 5) is 11.9. The molecule has 0 aliphatic rings. The molecular weight excluding hydrogens is 252 g/mol. The van der Waals surface area contributed by atoms with Gasteiger partial charge in [0.05, 0.1) is 12.2 Å². The van der Waals surface area contributed by atoms with E-state index < -0.39 is 0 Å². The lowest BCUT2D eigenvalue weighted by Gasteiger charge is -2.08. The Morgan fingerprint density at radius 1 is 1.00 bits per heavy atom. The predicted molar refractivity (Wildman–Crippen MR) is 78.2 cm³/mol. The molecule has 0 amide bonds. The predicted octanol–water partition coefficient (Wildman–Crippen LogP) is 4.08. The molecule has 0 atom stereocenters. The van der Waals surface area contributed by atoms with Crippen molar-refractivity contribution < 1.29 is 14.3 Å². The molecule has 2 aromatic carbocycles. The number of ether oxygens (including phenoxy) is 2. The number of hydrogen-bond donors (Lipinski definition) is 0. The molecule has 0 aliphatic heterocycles. The van der Waals surface area contributed by atoms with Crippen molar-refractivity contribution in [2.24, 2.45) is 0 Å². The van der Waals surface area contributed by atoms with Crippen LogP contribution in [0, 0.1) is 0 Å². The molecule has 0 radical (unpaired) electrons. The summed E-state index contributed by atoms with van der Waals surface area (Å²) in [6.45, 7) is 2.79. The van der Waals surface area contributed by atoms with E-state index in [0.29, 0.717) is 17.9 Å². The van der Waals surface area contributed by atoms with Gasteiger partial charge in [0, 0.05) is 6.07 Å². The van der Waals surface area contributed by atoms with Gasteiger partial charge in [0.15, 0.2) is 0 Å². The third-order valence-corrected chi connectivity index (χ3v) is 2.79. The van der Waals surface area contributed by atoms with Crippen molar-refractivity contribution in [3.63, 3.8) is 0 Å². The van der Waals surface area contributed by atoms with Crippen molar-refractivity contribution in [2.45, 2.75) is 19.8 Å². The molecular formula is C17H18O3. The standard InChI is InChI=1S/C17H18O3/c1-2-3-12-19-15-10-7-11-16(13-15)20-17(18)14-8-5-4-6-9-14/h4-11,13H,2-3,12H2,1H3. The molecule has 2 aromatic rings. The van der Waals surface area contributed by atoms with E-state index in [1.54, 1.807) is 36.4 Å². The largest absolute Gasteiger partial charge is 0.493 e. The van der Waals surface area contributed by atoms with Gasteiger partial charge < -0.3 is 9.47 Å². The lowest BCUT2D eigenvalue weighted by Crippen LogP contribution is -2.08. The lowest BCUT2D eigenvalue weighted by atomic mass is 10.2. The maximum absolute atomic E-state index is 11.9. The molecule has 0 N–H and O–H groups in total. The second-order valence-corrected chi connectivity index (χ2v) is 4.43. The van der Waals surface area contributed by atoms with Gasteiger partial charge in [-0.05, 0) is 30.7 Å². The van der Waals surface area contributed by atoms with Crippen LogP contribution in [-0.4, -0.2) is 12.6 Å². The Morgan fingerprint density at radius 2 is 1.75 bits per heavy atom. The van der Waals surface area contributed by atoms with Crippen LogP contribution in [0.4, 0.5) is 0 Å². The van der Waals surface area contributed by atoms with Crippen molar-refractivity contribution in [3.8, 4) is 11.5 Å². The molecule has 104 valence electrons. The molecule has 3 nitrogen and oxygen atoms in total. The Bertz CT molecular complexity index is 549. The maximum atomic E-state index is 11.9. The number of carbonyl (C=O) groups is 1. The van der Waals surface area contributed by atoms with Gasteiger partial charge in [-0.2, -0.15) is 0 Å². The zero-order chi connectivity index (χ0) is 14.2. The van der Waals surface area contributed by atoms with Gasteiger partial charge in [-0.3, -0.25) is 0 Å². The zero-order valence-corrected chi connectivity index (χ0v) is 11.5. The molecule has 20 heavy (non-hydrogen) atoms. The van der Waals surface area contributed by atoms with Crippen LogP contribution in [0.1, 0.15) is 30.1 Å². The van der Waals surface area contributed by atoms with E-state index in [2.05, 4.69) is 6.92 Å². The van der Waals surface area contributed by atoms with Crippen molar-refractivity contribution in [1.82, 2.24) is 0 Å². The Balaban J connectivity index is 1.99. The van der Waals surface area contributed by atoms with Gasteiger partial charge in [-0.25, -0.2) is 4.79 Å². The van der Waals surface area contributed by atoms with Crippen LogP contribution in [0.25, 0.3) is 0 Å². The van der Waals surface area contributed by atoms with Gasteiger partial charge in [0.1, 0.15) is 11.5 Å². The van der Waals surface area contributed by atoms with E-state index >= 15 is 0 Å². The first-order chi connectivity index (χ1) is 9.79. The Kier molecular flexibility index (Phi) is 5.18. The van der Waals surface area contributed by atoms with Gasteiger partial charge in [0.25, 0.3) is 0 Å². The highest BCUT2D eigenvalue weighted by Crippen LogP contribution is 2.20. The Labute approximate surface area is 119 Å². The molecule has 2 rings (SSSR count). The van der Waals surface area contributed by atoms with E-state index in [1.807, 2.05) is 18.2 Å². The first-order valence-electron chi connectivity index (χ1n) is 6.79. The van der Waals surface area contributed by atoms with E-state index in [9.17, 15) is 4.79 Å². The third-order valence-electron chi connectivity index (χ3n) is 2.79. The van der Waals surface area contributed by atoms with E-state index in [1.165, 1.54) is 0 Å². The van der Waals surface area contributed by atoms with E-state index in [0.717, 1.165) is 18.6 Å². The topological polar surface area (TPSA) is 35.5 Å². The summed E-state index contributed by atoms with van der Waals surface area (Å²) in [5.74, 6) is 0.848. The van der Waals surface area contributed by atoms with Gasteiger partial charge in [-0.15, -0.1) is 0 Å². The molecule has 0 saturated heterocycles. The van der Waals surface area contributed by atoms with Crippen molar-refractivity contribution in [2.75, 3.05) is 6.61 Å². The van der Waals surface area contributed by atoms with E-state index in [-0.39, 0.29) is 5.97 Å². The minimum atomic E-state index is -0.365. The highest BCUT2D eigenvalue weighted by Gasteiger charge is 2.08. The van der Waals surface area contributed by atoms with E-state index in [4.69, 9.17) is 9.47 Å². The fourth-order valence-electron chi connectivity index (χ4n) is 1.70. The smallest absolute Gasteiger partial charge is 0.343 e. The van der Waals surface area contributed by atoms with Gasteiger partial charge in [-0.1, -0.05) is 37.6 Å². The minimum Gasteiger partial charge on any atom is -0.493 e. The normalized spacial score (nSPS) is 10.1. The summed E-state index contributed by atoms with van der Waals surface area (Å²) in [6.07, 6.45) is 2.09. The number of esters is 1. The molecule has 0 aliphatic carbocycles. The summed E-state index contributed by atoms with van der Waals surface area (Å²) in [5.41, 5.74) is 0.532. The SMILES string of the molecule is CCCCOc1cccc(OC(=O)c2ccccc2)c1. The average Bonchev–Trinajstić information content (AvgIpc) is 2.49. The molecule has 0 saturated carbocycles. The lowest BCUT2D eigenvalue weighted by molar-refractivity contribution is 0.0734. The molecule has 0 aromatic heterocycles. The van der Waals surface area contributed by atoms with Crippen LogP contribution in [0.15, 0.2) is 54.6 Å². The summed E-state index contributed by atoms with van der Waals surface area (Å²) < 4.78 is 10.9. The Morgan fingerprint density at radius 3 is 2.50 bits per heavy atom. The van der Waals surface area contributed by atoms with Crippen molar-refractivity contribution in [3.05, 3.63) is 60.2 Å². The van der Waals surface area contributed by atoms with Crippen molar-refractivity contribution in [1.29, 1.82) is 0 Å². The second kappa shape index (κ2) is 7.34. The quantitative estimate of drug-likeness (QED) is 0.450. The molecule has 0 fully saturated rings. The summed E-state index contributed by atoms with van der Waals surface area (Å²) in [5, 5.41) is 0. The third kappa shape index (κ3) is 4.12. The highest BCUT2D eigenvalue weighted by atomic mass is 16.5. The summed E-state index contributed by atoms with van der Waals surface area (Å²) >= 11 is 0. The van der Waals surface area contributed by atoms with Crippen LogP contribution < -0.4 is 9.47 Å². The zero-order valence-electron chi connectivity index (χ0n) is 11.5. The van der Waals surface area contributed by atoms with Crippen LogP contribution in [-0.2, 0) is 0 Å². The van der Waals surface area contributed by atoms with Crippen LogP contribution in [0.2, 0.25) is 0 Å². The first kappa shape index (κ1) is 14.1.